The van der Waals surface area contributed by atoms with Crippen LogP contribution in [0.5, 0.6) is 0 Å². The molecule has 0 saturated carbocycles. The Morgan fingerprint density at radius 1 is 0.640 bits per heavy atom. The lowest BCUT2D eigenvalue weighted by Gasteiger charge is -2.29. The van der Waals surface area contributed by atoms with Gasteiger partial charge in [0.2, 0.25) is 0 Å². The van der Waals surface area contributed by atoms with Crippen LogP contribution in [-0.4, -0.2) is 129 Å². The highest BCUT2D eigenvalue weighted by atomic mass is 32.2. The van der Waals surface area contributed by atoms with Crippen molar-refractivity contribution in [2.24, 2.45) is 5.92 Å². The zero-order chi connectivity index (χ0) is 39.9. The first-order chi connectivity index (χ1) is 22.2. The fraction of sp³-hybridized carbons (Fsp3) is 0.870. The summed E-state index contributed by atoms with van der Waals surface area (Å²) in [5, 5.41) is 5.61. The van der Waals surface area contributed by atoms with Gasteiger partial charge in [0.25, 0.3) is 0 Å². The molecular weight excluding hydrogens is 766 g/mol. The van der Waals surface area contributed by atoms with E-state index in [-0.39, 0.29) is 0 Å². The summed E-state index contributed by atoms with van der Waals surface area (Å²) in [6.45, 7) is -6.82. The molecule has 0 saturated heterocycles. The molecule has 5 unspecified atom stereocenters. The molecule has 0 radical (unpaired) electrons. The van der Waals surface area contributed by atoms with Gasteiger partial charge in [-0.2, -0.15) is 61.5 Å². The molecule has 296 valence electrons. The van der Waals surface area contributed by atoms with Crippen LogP contribution in [0.15, 0.2) is 0 Å². The van der Waals surface area contributed by atoms with Gasteiger partial charge in [-0.15, -0.1) is 0 Å². The Bertz CT molecular complexity index is 1260. The predicted octanol–water partition coefficient (Wildman–Crippen LogP) is 3.39. The van der Waals surface area contributed by atoms with E-state index in [0.717, 1.165) is 6.92 Å². The molecule has 12 nitrogen and oxygen atoms in total. The zero-order valence-corrected chi connectivity index (χ0v) is 26.1. The molecule has 27 heteroatoms. The van der Waals surface area contributed by atoms with E-state index >= 15 is 0 Å². The van der Waals surface area contributed by atoms with Gasteiger partial charge in [-0.05, 0) is 20.8 Å². The number of aliphatic hydroxyl groups is 1. The minimum atomic E-state index is -6.75. The molecule has 0 aliphatic rings. The van der Waals surface area contributed by atoms with Gasteiger partial charge in [0.15, 0.2) is 5.25 Å². The summed E-state index contributed by atoms with van der Waals surface area (Å²) in [5.74, 6) is -33.9. The van der Waals surface area contributed by atoms with Crippen molar-refractivity contribution in [1.29, 1.82) is 0 Å². The summed E-state index contributed by atoms with van der Waals surface area (Å²) < 4.78 is 237. The molecule has 0 rings (SSSR count). The highest BCUT2D eigenvalue weighted by Crippen LogP contribution is 2.47. The van der Waals surface area contributed by atoms with Crippen LogP contribution in [-0.2, 0) is 48.2 Å². The Hall–Kier alpha value is -2.78. The third kappa shape index (κ3) is 12.8. The topological polar surface area (TPSA) is 175 Å². The molecule has 0 bridgehead atoms. The monoisotopic (exact) mass is 793 g/mol. The molecule has 1 N–H and O–H groups in total. The van der Waals surface area contributed by atoms with Gasteiger partial charge in [-0.3, -0.25) is 14.4 Å². The third-order valence-electron chi connectivity index (χ3n) is 5.73. The fourth-order valence-electron chi connectivity index (χ4n) is 3.21. The molecule has 0 fully saturated rings. The molecule has 0 aliphatic heterocycles. The van der Waals surface area contributed by atoms with Gasteiger partial charge in [0.05, 0.1) is 32.2 Å². The average molecular weight is 793 g/mol. The summed E-state index contributed by atoms with van der Waals surface area (Å²) in [7, 11) is -6.20. The third-order valence-corrected chi connectivity index (χ3v) is 6.87. The minimum Gasteiger partial charge on any atom is -0.747 e. The number of aliphatic hydroxyl groups excluding tert-OH is 1. The average Bonchev–Trinajstić information content (AvgIpc) is 2.89. The highest BCUT2D eigenvalue weighted by Gasteiger charge is 2.74. The van der Waals surface area contributed by atoms with Crippen molar-refractivity contribution in [3.05, 3.63) is 0 Å². The summed E-state index contributed by atoms with van der Waals surface area (Å²) in [6.07, 6.45) is -20.6. The SMILES string of the molecule is CC(CO)OC(=O)CC(C(=O)OC(C)COCC(F)(F)C(F)(F)C(F)(F)F)C(C(=O)OC(C)COCC(F)(F)C(F)(F)C(F)(F)F)S(=O)(=O)[O-]. The van der Waals surface area contributed by atoms with Gasteiger partial charge in [0, 0.05) is 0 Å². The van der Waals surface area contributed by atoms with Gasteiger partial charge in [-0.1, -0.05) is 0 Å². The van der Waals surface area contributed by atoms with Crippen molar-refractivity contribution in [3.8, 4) is 0 Å². The number of hydrogen-bond donors (Lipinski definition) is 1. The van der Waals surface area contributed by atoms with Crippen LogP contribution in [0, 0.1) is 5.92 Å². The lowest BCUT2D eigenvalue weighted by atomic mass is 10.0. The largest absolute Gasteiger partial charge is 0.747 e. The van der Waals surface area contributed by atoms with E-state index in [4.69, 9.17) is 5.11 Å². The number of ether oxygens (including phenoxy) is 5. The Balaban J connectivity index is 6.02. The summed E-state index contributed by atoms with van der Waals surface area (Å²) in [6, 6.07) is 0. The molecule has 5 atom stereocenters. The first-order valence-corrected chi connectivity index (χ1v) is 14.6. The number of carbonyl (C=O) groups is 3. The Labute approximate surface area is 272 Å². The second-order valence-corrected chi connectivity index (χ2v) is 11.8. The number of esters is 3. The van der Waals surface area contributed by atoms with E-state index in [9.17, 15) is 88.8 Å². The lowest BCUT2D eigenvalue weighted by Crippen LogP contribution is -2.54. The smallest absolute Gasteiger partial charge is 0.459 e. The second kappa shape index (κ2) is 17.2. The van der Waals surface area contributed by atoms with Crippen molar-refractivity contribution in [2.45, 2.75) is 86.8 Å². The normalized spacial score (nSPS) is 16.9. The lowest BCUT2D eigenvalue weighted by molar-refractivity contribution is -0.361. The van der Waals surface area contributed by atoms with E-state index in [1.807, 2.05) is 0 Å². The molecule has 0 aromatic rings. The van der Waals surface area contributed by atoms with Gasteiger partial charge < -0.3 is 33.3 Å². The summed E-state index contributed by atoms with van der Waals surface area (Å²) in [5.41, 5.74) is 0. The predicted molar refractivity (Wildman–Crippen MR) is 129 cm³/mol. The van der Waals surface area contributed by atoms with E-state index < -0.39 is 133 Å². The number of carbonyl (C=O) groups excluding carboxylic acids is 3. The van der Waals surface area contributed by atoms with Gasteiger partial charge in [-0.25, -0.2) is 8.42 Å². The van der Waals surface area contributed by atoms with Gasteiger partial charge in [0.1, 0.15) is 41.6 Å². The molecule has 50 heavy (non-hydrogen) atoms. The highest BCUT2D eigenvalue weighted by molar-refractivity contribution is 7.87. The van der Waals surface area contributed by atoms with Crippen LogP contribution < -0.4 is 0 Å². The van der Waals surface area contributed by atoms with Crippen molar-refractivity contribution in [2.75, 3.05) is 33.0 Å². The number of rotatable bonds is 20. The zero-order valence-electron chi connectivity index (χ0n) is 25.3. The number of halogens is 14. The quantitative estimate of drug-likeness (QED) is 0.0825. The Morgan fingerprint density at radius 2 is 1.00 bits per heavy atom. The number of alkyl halides is 14. The van der Waals surface area contributed by atoms with Crippen molar-refractivity contribution < 1.29 is 118 Å². The van der Waals surface area contributed by atoms with Gasteiger partial charge >= 0.3 is 54.0 Å². The standard InChI is InChI=1S/C23H28F14O12S/c1-10(5-38)47-14(39)4-13(16(40)48-11(2)6-45-8-18(24,25)20(28,29)22(32,33)34)15(50(42,43)44)17(41)49-12(3)7-46-9-19(26,27)21(30,31)23(35,36)37/h10-13,15,38H,4-9H2,1-3H3,(H,42,43,44)/p-1. The maximum Gasteiger partial charge on any atom is 0.459 e. The van der Waals surface area contributed by atoms with Crippen molar-refractivity contribution in [1.82, 2.24) is 0 Å². The fourth-order valence-corrected chi connectivity index (χ4v) is 4.11. The van der Waals surface area contributed by atoms with Crippen LogP contribution in [0.25, 0.3) is 0 Å². The van der Waals surface area contributed by atoms with E-state index in [1.165, 1.54) is 0 Å². The van der Waals surface area contributed by atoms with Crippen LogP contribution in [0.4, 0.5) is 61.5 Å². The molecule has 0 spiro atoms. The molecular formula is C23H27F14O12S-. The number of hydrogen-bond acceptors (Lipinski definition) is 12. The van der Waals surface area contributed by atoms with E-state index in [1.54, 1.807) is 0 Å². The van der Waals surface area contributed by atoms with Crippen molar-refractivity contribution in [3.63, 3.8) is 0 Å². The van der Waals surface area contributed by atoms with Crippen LogP contribution in [0.2, 0.25) is 0 Å². The first-order valence-electron chi connectivity index (χ1n) is 13.1. The molecule has 0 heterocycles. The minimum absolute atomic E-state index is 0.619. The van der Waals surface area contributed by atoms with Crippen LogP contribution in [0.3, 0.4) is 0 Å². The molecule has 0 aromatic heterocycles. The Kier molecular flexibility index (Phi) is 16.2. The second-order valence-electron chi connectivity index (χ2n) is 10.3. The molecule has 0 aliphatic carbocycles. The first kappa shape index (κ1) is 47.2. The maximum absolute atomic E-state index is 13.4. The van der Waals surface area contributed by atoms with Crippen molar-refractivity contribution >= 4 is 28.0 Å². The summed E-state index contributed by atoms with van der Waals surface area (Å²) >= 11 is 0. The van der Waals surface area contributed by atoms with Crippen LogP contribution >= 0.6 is 0 Å². The summed E-state index contributed by atoms with van der Waals surface area (Å²) in [4.78, 5) is 37.7. The van der Waals surface area contributed by atoms with E-state index in [0.29, 0.717) is 13.8 Å². The molecule has 0 aromatic carbocycles. The van der Waals surface area contributed by atoms with Crippen LogP contribution in [0.1, 0.15) is 27.2 Å². The van der Waals surface area contributed by atoms with E-state index in [2.05, 4.69) is 23.7 Å². The maximum atomic E-state index is 13.4. The molecule has 0 amide bonds. The Morgan fingerprint density at radius 3 is 1.32 bits per heavy atom.